The molecule has 1 aromatic rings. The summed E-state index contributed by atoms with van der Waals surface area (Å²) >= 11 is 0. The second-order valence-corrected chi connectivity index (χ2v) is 4.20. The first kappa shape index (κ1) is 11.2. The van der Waals surface area contributed by atoms with Gasteiger partial charge in [-0.25, -0.2) is 0 Å². The van der Waals surface area contributed by atoms with E-state index in [1.807, 2.05) is 24.0 Å². The summed E-state index contributed by atoms with van der Waals surface area (Å²) in [6.07, 6.45) is 2.18. The molecule has 0 aliphatic heterocycles. The lowest BCUT2D eigenvalue weighted by molar-refractivity contribution is -0.136. The fourth-order valence-corrected chi connectivity index (χ4v) is 1.75. The number of ether oxygens (including phenoxy) is 1. The molecule has 1 saturated carbocycles. The molecule has 0 unspecified atom stereocenters. The van der Waals surface area contributed by atoms with Crippen LogP contribution < -0.4 is 0 Å². The lowest BCUT2D eigenvalue weighted by Gasteiger charge is -2.20. The predicted molar refractivity (Wildman–Crippen MR) is 58.9 cm³/mol. The minimum atomic E-state index is 0.0408. The maximum atomic E-state index is 11.8. The summed E-state index contributed by atoms with van der Waals surface area (Å²) in [4.78, 5) is 13.6. The predicted octanol–water partition coefficient (Wildman–Crippen LogP) is 1.73. The van der Waals surface area contributed by atoms with Gasteiger partial charge in [-0.2, -0.15) is 0 Å². The number of furan rings is 1. The van der Waals surface area contributed by atoms with Crippen LogP contribution in [0.3, 0.4) is 0 Å². The summed E-state index contributed by atoms with van der Waals surface area (Å²) in [7, 11) is 1.54. The van der Waals surface area contributed by atoms with Crippen LogP contribution in [0.15, 0.2) is 16.5 Å². The molecule has 0 aromatic carbocycles. The molecule has 1 fully saturated rings. The molecule has 0 radical (unpaired) electrons. The molecule has 4 heteroatoms. The van der Waals surface area contributed by atoms with E-state index in [0.29, 0.717) is 12.6 Å². The Labute approximate surface area is 95.2 Å². The van der Waals surface area contributed by atoms with Crippen LogP contribution in [0, 0.1) is 6.92 Å². The molecular weight excluding hydrogens is 206 g/mol. The molecule has 4 nitrogen and oxygen atoms in total. The molecule has 1 aliphatic carbocycles. The van der Waals surface area contributed by atoms with Crippen molar-refractivity contribution in [2.45, 2.75) is 32.4 Å². The number of nitrogens with zero attached hydrogens (tertiary/aromatic N) is 1. The highest BCUT2D eigenvalue weighted by molar-refractivity contribution is 5.78. The molecule has 1 amide bonds. The van der Waals surface area contributed by atoms with E-state index in [2.05, 4.69) is 0 Å². The van der Waals surface area contributed by atoms with Gasteiger partial charge in [0.2, 0.25) is 5.91 Å². The number of aryl methyl sites for hydroxylation is 1. The molecular formula is C12H17NO3. The number of amides is 1. The van der Waals surface area contributed by atoms with E-state index in [0.717, 1.165) is 24.4 Å². The summed E-state index contributed by atoms with van der Waals surface area (Å²) in [5, 5.41) is 0. The van der Waals surface area contributed by atoms with E-state index in [9.17, 15) is 4.79 Å². The third kappa shape index (κ3) is 2.64. The van der Waals surface area contributed by atoms with Crippen LogP contribution in [0.5, 0.6) is 0 Å². The quantitative estimate of drug-likeness (QED) is 0.763. The van der Waals surface area contributed by atoms with E-state index in [-0.39, 0.29) is 12.5 Å². The van der Waals surface area contributed by atoms with E-state index in [4.69, 9.17) is 9.15 Å². The molecule has 88 valence electrons. The Bertz CT molecular complexity index is 368. The Hall–Kier alpha value is -1.29. The van der Waals surface area contributed by atoms with Crippen molar-refractivity contribution in [1.82, 2.24) is 4.90 Å². The molecule has 0 N–H and O–H groups in total. The highest BCUT2D eigenvalue weighted by Gasteiger charge is 2.32. The molecule has 16 heavy (non-hydrogen) atoms. The van der Waals surface area contributed by atoms with Crippen LogP contribution in [0.25, 0.3) is 0 Å². The fraction of sp³-hybridized carbons (Fsp3) is 0.583. The van der Waals surface area contributed by atoms with E-state index in [1.165, 1.54) is 0 Å². The van der Waals surface area contributed by atoms with Gasteiger partial charge in [0.25, 0.3) is 0 Å². The van der Waals surface area contributed by atoms with E-state index < -0.39 is 0 Å². The van der Waals surface area contributed by atoms with Crippen molar-refractivity contribution in [3.8, 4) is 0 Å². The second kappa shape index (κ2) is 4.70. The number of hydrogen-bond donors (Lipinski definition) is 0. The van der Waals surface area contributed by atoms with Crippen molar-refractivity contribution in [3.63, 3.8) is 0 Å². The second-order valence-electron chi connectivity index (χ2n) is 4.20. The average Bonchev–Trinajstić information content (AvgIpc) is 3.00. The summed E-state index contributed by atoms with van der Waals surface area (Å²) < 4.78 is 10.4. The van der Waals surface area contributed by atoms with E-state index in [1.54, 1.807) is 7.11 Å². The van der Waals surface area contributed by atoms with Crippen LogP contribution in [-0.2, 0) is 16.1 Å². The molecule has 2 rings (SSSR count). The minimum absolute atomic E-state index is 0.0408. The molecule has 1 heterocycles. The fourth-order valence-electron chi connectivity index (χ4n) is 1.75. The van der Waals surface area contributed by atoms with Crippen LogP contribution in [-0.4, -0.2) is 30.6 Å². The van der Waals surface area contributed by atoms with Gasteiger partial charge >= 0.3 is 0 Å². The van der Waals surface area contributed by atoms with Gasteiger partial charge in [0.1, 0.15) is 18.1 Å². The number of methoxy groups -OCH3 is 1. The molecule has 1 aliphatic rings. The molecule has 1 aromatic heterocycles. The zero-order valence-electron chi connectivity index (χ0n) is 9.73. The molecule has 0 atom stereocenters. The van der Waals surface area contributed by atoms with Gasteiger partial charge in [-0.3, -0.25) is 4.79 Å². The molecule has 0 spiro atoms. The summed E-state index contributed by atoms with van der Waals surface area (Å²) in [6, 6.07) is 4.22. The molecule has 0 bridgehead atoms. The highest BCUT2D eigenvalue weighted by atomic mass is 16.5. The van der Waals surface area contributed by atoms with Gasteiger partial charge in [-0.05, 0) is 31.9 Å². The summed E-state index contributed by atoms with van der Waals surface area (Å²) in [6.45, 7) is 2.61. The van der Waals surface area contributed by atoms with Gasteiger partial charge in [-0.15, -0.1) is 0 Å². The SMILES string of the molecule is COCC(=O)N(Cc1ccc(C)o1)C1CC1. The number of carbonyl (C=O) groups excluding carboxylic acids is 1. The third-order valence-corrected chi connectivity index (χ3v) is 2.70. The smallest absolute Gasteiger partial charge is 0.249 e. The molecule has 0 saturated heterocycles. The van der Waals surface area contributed by atoms with Gasteiger partial charge in [-0.1, -0.05) is 0 Å². The summed E-state index contributed by atoms with van der Waals surface area (Å²) in [5.41, 5.74) is 0. The lowest BCUT2D eigenvalue weighted by Crippen LogP contribution is -2.35. The lowest BCUT2D eigenvalue weighted by atomic mass is 10.3. The van der Waals surface area contributed by atoms with Gasteiger partial charge in [0, 0.05) is 13.2 Å². The van der Waals surface area contributed by atoms with Crippen molar-refractivity contribution in [1.29, 1.82) is 0 Å². The standard InChI is InChI=1S/C12H17NO3/c1-9-3-6-11(16-9)7-13(10-4-5-10)12(14)8-15-2/h3,6,10H,4-5,7-8H2,1-2H3. The van der Waals surface area contributed by atoms with Crippen LogP contribution in [0.4, 0.5) is 0 Å². The van der Waals surface area contributed by atoms with Crippen molar-refractivity contribution in [2.75, 3.05) is 13.7 Å². The number of carbonyl (C=O) groups is 1. The Balaban J connectivity index is 2.00. The van der Waals surface area contributed by atoms with E-state index >= 15 is 0 Å². The van der Waals surface area contributed by atoms with Gasteiger partial charge in [0.15, 0.2) is 0 Å². The van der Waals surface area contributed by atoms with Crippen molar-refractivity contribution < 1.29 is 13.9 Å². The minimum Gasteiger partial charge on any atom is -0.464 e. The van der Waals surface area contributed by atoms with Crippen LogP contribution >= 0.6 is 0 Å². The number of hydrogen-bond acceptors (Lipinski definition) is 3. The average molecular weight is 223 g/mol. The van der Waals surface area contributed by atoms with Crippen molar-refractivity contribution in [3.05, 3.63) is 23.7 Å². The number of rotatable bonds is 5. The maximum Gasteiger partial charge on any atom is 0.249 e. The maximum absolute atomic E-state index is 11.8. The van der Waals surface area contributed by atoms with Gasteiger partial charge in [0.05, 0.1) is 6.54 Å². The topological polar surface area (TPSA) is 42.7 Å². The van der Waals surface area contributed by atoms with Crippen molar-refractivity contribution in [2.24, 2.45) is 0 Å². The first-order chi connectivity index (χ1) is 7.70. The highest BCUT2D eigenvalue weighted by Crippen LogP contribution is 2.28. The van der Waals surface area contributed by atoms with Crippen LogP contribution in [0.2, 0.25) is 0 Å². The first-order valence-corrected chi connectivity index (χ1v) is 5.54. The van der Waals surface area contributed by atoms with Crippen molar-refractivity contribution >= 4 is 5.91 Å². The summed E-state index contributed by atoms with van der Waals surface area (Å²) in [5.74, 6) is 1.76. The zero-order valence-corrected chi connectivity index (χ0v) is 9.73. The Morgan fingerprint density at radius 1 is 1.56 bits per heavy atom. The Morgan fingerprint density at radius 3 is 2.81 bits per heavy atom. The first-order valence-electron chi connectivity index (χ1n) is 5.54. The largest absolute Gasteiger partial charge is 0.464 e. The van der Waals surface area contributed by atoms with Gasteiger partial charge < -0.3 is 14.1 Å². The normalized spacial score (nSPS) is 15.1. The Kier molecular flexibility index (Phi) is 3.29. The monoisotopic (exact) mass is 223 g/mol. The Morgan fingerprint density at radius 2 is 2.31 bits per heavy atom. The van der Waals surface area contributed by atoms with Crippen LogP contribution in [0.1, 0.15) is 24.4 Å². The zero-order chi connectivity index (χ0) is 11.5. The third-order valence-electron chi connectivity index (χ3n) is 2.70.